The molecular formula is C19H18BrNO3. The summed E-state index contributed by atoms with van der Waals surface area (Å²) in [6.45, 7) is 0.449. The Morgan fingerprint density at radius 1 is 1.29 bits per heavy atom. The standard InChI is InChI=1S/C19H18BrNO3/c20-16-3-1-2-15-14(16)6-7-17(15)21-12-4-5-13-11(8-19(22)23)10-24-18(13)9-12/h1-5,9,11,17,21H,6-8,10H2,(H,22,23)/t11-,17?/m1/s1. The van der Waals surface area contributed by atoms with Gasteiger partial charge in [-0.15, -0.1) is 0 Å². The van der Waals surface area contributed by atoms with Gasteiger partial charge < -0.3 is 15.2 Å². The molecule has 0 spiro atoms. The van der Waals surface area contributed by atoms with Gasteiger partial charge in [-0.05, 0) is 36.1 Å². The van der Waals surface area contributed by atoms with Crippen molar-refractivity contribution in [2.75, 3.05) is 11.9 Å². The summed E-state index contributed by atoms with van der Waals surface area (Å²) >= 11 is 3.63. The fourth-order valence-corrected chi connectivity index (χ4v) is 4.29. The molecule has 0 saturated carbocycles. The Hall–Kier alpha value is -2.01. The van der Waals surface area contributed by atoms with Crippen LogP contribution < -0.4 is 10.1 Å². The van der Waals surface area contributed by atoms with Crippen LogP contribution in [0, 0.1) is 0 Å². The molecular weight excluding hydrogens is 370 g/mol. The van der Waals surface area contributed by atoms with E-state index in [1.807, 2.05) is 18.2 Å². The zero-order chi connectivity index (χ0) is 16.7. The number of nitrogens with one attached hydrogen (secondary N) is 1. The van der Waals surface area contributed by atoms with E-state index in [-0.39, 0.29) is 12.3 Å². The van der Waals surface area contributed by atoms with Gasteiger partial charge in [0.15, 0.2) is 0 Å². The Labute approximate surface area is 149 Å². The first-order valence-corrected chi connectivity index (χ1v) is 8.93. The average molecular weight is 388 g/mol. The van der Waals surface area contributed by atoms with Gasteiger partial charge in [-0.25, -0.2) is 0 Å². The molecule has 0 fully saturated rings. The first kappa shape index (κ1) is 15.5. The van der Waals surface area contributed by atoms with Crippen molar-refractivity contribution >= 4 is 27.6 Å². The predicted octanol–water partition coefficient (Wildman–Crippen LogP) is 4.50. The van der Waals surface area contributed by atoms with E-state index in [0.717, 1.165) is 29.8 Å². The first-order chi connectivity index (χ1) is 11.6. The van der Waals surface area contributed by atoms with Crippen LogP contribution >= 0.6 is 15.9 Å². The summed E-state index contributed by atoms with van der Waals surface area (Å²) in [4.78, 5) is 10.9. The first-order valence-electron chi connectivity index (χ1n) is 8.14. The largest absolute Gasteiger partial charge is 0.493 e. The van der Waals surface area contributed by atoms with Gasteiger partial charge in [-0.2, -0.15) is 0 Å². The van der Waals surface area contributed by atoms with Gasteiger partial charge in [0.25, 0.3) is 0 Å². The van der Waals surface area contributed by atoms with Crippen molar-refractivity contribution in [1.82, 2.24) is 0 Å². The van der Waals surface area contributed by atoms with Crippen LogP contribution in [0.25, 0.3) is 0 Å². The molecule has 2 N–H and O–H groups in total. The Balaban J connectivity index is 1.54. The highest BCUT2D eigenvalue weighted by molar-refractivity contribution is 9.10. The molecule has 4 nitrogen and oxygen atoms in total. The summed E-state index contributed by atoms with van der Waals surface area (Å²) < 4.78 is 6.87. The fourth-order valence-electron chi connectivity index (χ4n) is 3.71. The zero-order valence-corrected chi connectivity index (χ0v) is 14.7. The van der Waals surface area contributed by atoms with Crippen LogP contribution in [-0.4, -0.2) is 17.7 Å². The molecule has 2 aromatic carbocycles. The van der Waals surface area contributed by atoms with Crippen molar-refractivity contribution in [2.45, 2.75) is 31.2 Å². The summed E-state index contributed by atoms with van der Waals surface area (Å²) in [5.41, 5.74) is 4.74. The van der Waals surface area contributed by atoms with E-state index in [2.05, 4.69) is 39.4 Å². The molecule has 0 amide bonds. The van der Waals surface area contributed by atoms with Crippen LogP contribution in [0.4, 0.5) is 5.69 Å². The Morgan fingerprint density at radius 3 is 3.00 bits per heavy atom. The summed E-state index contributed by atoms with van der Waals surface area (Å²) in [6.07, 6.45) is 2.25. The summed E-state index contributed by atoms with van der Waals surface area (Å²) in [6, 6.07) is 12.7. The second-order valence-electron chi connectivity index (χ2n) is 6.40. The minimum Gasteiger partial charge on any atom is -0.493 e. The highest BCUT2D eigenvalue weighted by Gasteiger charge is 2.28. The maximum absolute atomic E-state index is 10.9. The monoisotopic (exact) mass is 387 g/mol. The SMILES string of the molecule is O=C(O)C[C@@H]1COc2cc(NC3CCc4c(Br)cccc43)ccc21. The van der Waals surface area contributed by atoms with Gasteiger partial charge in [0.1, 0.15) is 5.75 Å². The second-order valence-corrected chi connectivity index (χ2v) is 7.26. The van der Waals surface area contributed by atoms with Gasteiger partial charge >= 0.3 is 5.97 Å². The second kappa shape index (κ2) is 6.13. The number of ether oxygens (including phenoxy) is 1. The molecule has 4 rings (SSSR count). The lowest BCUT2D eigenvalue weighted by Gasteiger charge is -2.16. The van der Waals surface area contributed by atoms with Crippen molar-refractivity contribution in [1.29, 1.82) is 0 Å². The number of hydrogen-bond donors (Lipinski definition) is 2. The molecule has 0 saturated heterocycles. The number of fused-ring (bicyclic) bond motifs is 2. The van der Waals surface area contributed by atoms with Gasteiger partial charge in [0, 0.05) is 27.7 Å². The Kier molecular flexibility index (Phi) is 3.96. The smallest absolute Gasteiger partial charge is 0.304 e. The van der Waals surface area contributed by atoms with Crippen molar-refractivity contribution in [2.24, 2.45) is 0 Å². The number of anilines is 1. The maximum atomic E-state index is 10.9. The number of carboxylic acid groups (broad SMARTS) is 1. The molecule has 1 heterocycles. The number of carbonyl (C=O) groups is 1. The lowest BCUT2D eigenvalue weighted by molar-refractivity contribution is -0.137. The normalized spacial score (nSPS) is 21.0. The lowest BCUT2D eigenvalue weighted by atomic mass is 9.97. The maximum Gasteiger partial charge on any atom is 0.304 e. The molecule has 5 heteroatoms. The van der Waals surface area contributed by atoms with Crippen LogP contribution in [-0.2, 0) is 11.2 Å². The number of rotatable bonds is 4. The molecule has 2 atom stereocenters. The molecule has 1 unspecified atom stereocenters. The van der Waals surface area contributed by atoms with Crippen LogP contribution in [0.5, 0.6) is 5.75 Å². The van der Waals surface area contributed by atoms with E-state index in [0.29, 0.717) is 12.6 Å². The lowest BCUT2D eigenvalue weighted by Crippen LogP contribution is -2.07. The molecule has 124 valence electrons. The Morgan fingerprint density at radius 2 is 2.17 bits per heavy atom. The minimum atomic E-state index is -0.785. The van der Waals surface area contributed by atoms with E-state index < -0.39 is 5.97 Å². The zero-order valence-electron chi connectivity index (χ0n) is 13.1. The number of aliphatic carboxylic acids is 1. The van der Waals surface area contributed by atoms with Crippen LogP contribution in [0.1, 0.15) is 41.5 Å². The number of carboxylic acids is 1. The predicted molar refractivity (Wildman–Crippen MR) is 95.8 cm³/mol. The minimum absolute atomic E-state index is 0.0466. The number of benzene rings is 2. The van der Waals surface area contributed by atoms with Gasteiger partial charge in [0.05, 0.1) is 19.1 Å². The molecule has 1 aliphatic heterocycles. The van der Waals surface area contributed by atoms with Crippen molar-refractivity contribution in [3.8, 4) is 5.75 Å². The Bertz CT molecular complexity index is 805. The van der Waals surface area contributed by atoms with E-state index in [4.69, 9.17) is 9.84 Å². The average Bonchev–Trinajstić information content (AvgIpc) is 3.13. The van der Waals surface area contributed by atoms with Crippen molar-refractivity contribution in [3.05, 3.63) is 57.6 Å². The third-order valence-corrected chi connectivity index (χ3v) is 5.61. The summed E-state index contributed by atoms with van der Waals surface area (Å²) in [5, 5.41) is 12.6. The van der Waals surface area contributed by atoms with Gasteiger partial charge in [-0.3, -0.25) is 4.79 Å². The summed E-state index contributed by atoms with van der Waals surface area (Å²) in [7, 11) is 0. The van der Waals surface area contributed by atoms with Crippen LogP contribution in [0.3, 0.4) is 0 Å². The molecule has 0 radical (unpaired) electrons. The molecule has 2 aliphatic rings. The van der Waals surface area contributed by atoms with Crippen molar-refractivity contribution in [3.63, 3.8) is 0 Å². The highest BCUT2D eigenvalue weighted by Crippen LogP contribution is 2.41. The molecule has 0 aromatic heterocycles. The van der Waals surface area contributed by atoms with Crippen LogP contribution in [0.2, 0.25) is 0 Å². The number of hydrogen-bond acceptors (Lipinski definition) is 3. The molecule has 1 aliphatic carbocycles. The summed E-state index contributed by atoms with van der Waals surface area (Å²) in [5.74, 6) is -0.0276. The van der Waals surface area contributed by atoms with E-state index in [1.54, 1.807) is 0 Å². The van der Waals surface area contributed by atoms with Gasteiger partial charge in [-0.1, -0.05) is 34.1 Å². The van der Waals surface area contributed by atoms with Crippen LogP contribution in [0.15, 0.2) is 40.9 Å². The van der Waals surface area contributed by atoms with Gasteiger partial charge in [0.2, 0.25) is 0 Å². The van der Waals surface area contributed by atoms with E-state index >= 15 is 0 Å². The fraction of sp³-hybridized carbons (Fsp3) is 0.316. The van der Waals surface area contributed by atoms with E-state index in [1.165, 1.54) is 15.6 Å². The topological polar surface area (TPSA) is 58.6 Å². The molecule has 0 bridgehead atoms. The molecule has 24 heavy (non-hydrogen) atoms. The third kappa shape index (κ3) is 2.77. The van der Waals surface area contributed by atoms with E-state index in [9.17, 15) is 4.79 Å². The molecule has 2 aromatic rings. The number of halogens is 1. The quantitative estimate of drug-likeness (QED) is 0.810. The van der Waals surface area contributed by atoms with Crippen molar-refractivity contribution < 1.29 is 14.6 Å². The highest BCUT2D eigenvalue weighted by atomic mass is 79.9. The third-order valence-electron chi connectivity index (χ3n) is 4.87.